The highest BCUT2D eigenvalue weighted by Gasteiger charge is 2.27. The van der Waals surface area contributed by atoms with Crippen molar-refractivity contribution < 1.29 is 23.6 Å². The number of amides is 2. The molecule has 0 spiro atoms. The second-order valence-electron chi connectivity index (χ2n) is 13.8. The van der Waals surface area contributed by atoms with Crippen LogP contribution in [0.15, 0.2) is 73.1 Å². The van der Waals surface area contributed by atoms with Gasteiger partial charge >= 0.3 is 0 Å². The van der Waals surface area contributed by atoms with Crippen LogP contribution in [0.2, 0.25) is 0 Å². The van der Waals surface area contributed by atoms with Crippen LogP contribution in [0, 0.1) is 19.7 Å². The van der Waals surface area contributed by atoms with Gasteiger partial charge in [-0.25, -0.2) is 14.4 Å². The number of para-hydroxylation sites is 2. The molecule has 2 amide bonds. The van der Waals surface area contributed by atoms with Crippen LogP contribution in [0.4, 0.5) is 21.7 Å². The monoisotopic (exact) mass is 709 g/mol. The summed E-state index contributed by atoms with van der Waals surface area (Å²) in [5.74, 6) is -0.672. The number of nitrogens with one attached hydrogen (secondary N) is 2. The summed E-state index contributed by atoms with van der Waals surface area (Å²) in [6, 6.07) is 17.8. The van der Waals surface area contributed by atoms with Crippen molar-refractivity contribution >= 4 is 29.1 Å². The van der Waals surface area contributed by atoms with Gasteiger partial charge in [0, 0.05) is 69.0 Å². The van der Waals surface area contributed by atoms with Gasteiger partial charge in [0.05, 0.1) is 16.8 Å². The van der Waals surface area contributed by atoms with Crippen LogP contribution in [-0.2, 0) is 0 Å². The molecule has 274 valence electrons. The molecule has 1 saturated carbocycles. The van der Waals surface area contributed by atoms with E-state index in [-0.39, 0.29) is 35.0 Å². The minimum absolute atomic E-state index is 0.121. The maximum Gasteiger partial charge on any atom is 0.294 e. The van der Waals surface area contributed by atoms with Crippen LogP contribution in [0.5, 0.6) is 11.5 Å². The van der Waals surface area contributed by atoms with E-state index >= 15 is 0 Å². The van der Waals surface area contributed by atoms with Crippen LogP contribution < -0.4 is 25.3 Å². The average molecular weight is 710 g/mol. The van der Waals surface area contributed by atoms with Crippen LogP contribution in [0.1, 0.15) is 71.4 Å². The number of hydroxylamine groups is 1. The lowest BCUT2D eigenvalue weighted by Gasteiger charge is -2.36. The van der Waals surface area contributed by atoms with E-state index in [0.29, 0.717) is 29.6 Å². The number of carbonyl (C=O) groups is 2. The average Bonchev–Trinajstić information content (AvgIpc) is 3.65. The van der Waals surface area contributed by atoms with E-state index in [1.165, 1.54) is 23.5 Å². The van der Waals surface area contributed by atoms with E-state index in [1.807, 2.05) is 32.0 Å². The van der Waals surface area contributed by atoms with Gasteiger partial charge in [-0.15, -0.1) is 5.06 Å². The fourth-order valence-corrected chi connectivity index (χ4v) is 6.71. The maximum atomic E-state index is 15.0. The second kappa shape index (κ2) is 17.0. The summed E-state index contributed by atoms with van der Waals surface area (Å²) in [4.78, 5) is 47.2. The molecule has 2 aliphatic rings. The fraction of sp³-hybridized carbons (Fsp3) is 0.400. The molecule has 2 fully saturated rings. The first-order valence-corrected chi connectivity index (χ1v) is 18.1. The van der Waals surface area contributed by atoms with E-state index in [9.17, 15) is 14.0 Å². The van der Waals surface area contributed by atoms with Gasteiger partial charge in [-0.05, 0) is 75.9 Å². The predicted octanol–water partition coefficient (Wildman–Crippen LogP) is 6.69. The number of anilines is 3. The Labute approximate surface area is 305 Å². The van der Waals surface area contributed by atoms with Gasteiger partial charge in [0.2, 0.25) is 5.95 Å². The Morgan fingerprint density at radius 1 is 0.923 bits per heavy atom. The third kappa shape index (κ3) is 9.04. The van der Waals surface area contributed by atoms with E-state index < -0.39 is 11.7 Å². The molecule has 52 heavy (non-hydrogen) atoms. The van der Waals surface area contributed by atoms with Crippen molar-refractivity contribution in [3.63, 3.8) is 0 Å². The number of ether oxygens (including phenoxy) is 1. The maximum absolute atomic E-state index is 15.0. The topological polar surface area (TPSA) is 112 Å². The number of rotatable bonds is 13. The molecule has 0 atom stereocenters. The quantitative estimate of drug-likeness (QED) is 0.147. The molecule has 0 unspecified atom stereocenters. The minimum atomic E-state index is -0.524. The summed E-state index contributed by atoms with van der Waals surface area (Å²) < 4.78 is 20.8. The van der Waals surface area contributed by atoms with Gasteiger partial charge in [-0.3, -0.25) is 19.4 Å². The smallest absolute Gasteiger partial charge is 0.294 e. The number of aromatic nitrogens is 2. The molecule has 6 rings (SSSR count). The molecule has 1 aromatic heterocycles. The third-order valence-corrected chi connectivity index (χ3v) is 9.73. The van der Waals surface area contributed by atoms with Gasteiger partial charge in [0.1, 0.15) is 6.61 Å². The fourth-order valence-electron chi connectivity index (χ4n) is 6.71. The molecular weight excluding hydrogens is 661 g/mol. The van der Waals surface area contributed by atoms with Crippen molar-refractivity contribution in [1.82, 2.24) is 25.1 Å². The van der Waals surface area contributed by atoms with Gasteiger partial charge < -0.3 is 20.2 Å². The Balaban J connectivity index is 1.12. The molecule has 12 heteroatoms. The molecule has 0 bridgehead atoms. The van der Waals surface area contributed by atoms with Gasteiger partial charge in [0.25, 0.3) is 11.8 Å². The number of benzene rings is 3. The Morgan fingerprint density at radius 3 is 2.29 bits per heavy atom. The number of hydrogen-bond donors (Lipinski definition) is 2. The molecule has 1 saturated heterocycles. The Morgan fingerprint density at radius 2 is 1.62 bits per heavy atom. The lowest BCUT2D eigenvalue weighted by Crippen LogP contribution is -2.49. The first-order valence-electron chi connectivity index (χ1n) is 18.1. The molecule has 11 nitrogen and oxygen atoms in total. The minimum Gasteiger partial charge on any atom is -0.489 e. The van der Waals surface area contributed by atoms with Crippen LogP contribution in [0.25, 0.3) is 0 Å². The molecule has 1 aliphatic heterocycles. The Bertz CT molecular complexity index is 1820. The molecular formula is C40H48FN7O4. The normalized spacial score (nSPS) is 15.4. The van der Waals surface area contributed by atoms with Crippen molar-refractivity contribution in [2.45, 2.75) is 65.5 Å². The largest absolute Gasteiger partial charge is 0.489 e. The molecule has 3 aromatic carbocycles. The van der Waals surface area contributed by atoms with Crippen molar-refractivity contribution in [2.24, 2.45) is 0 Å². The highest BCUT2D eigenvalue weighted by atomic mass is 19.1. The number of nitrogens with zero attached hydrogens (tertiary/aromatic N) is 5. The van der Waals surface area contributed by atoms with E-state index in [2.05, 4.69) is 44.2 Å². The molecule has 0 radical (unpaired) electrons. The van der Waals surface area contributed by atoms with Crippen molar-refractivity contribution in [2.75, 3.05) is 49.7 Å². The Kier molecular flexibility index (Phi) is 12.0. The summed E-state index contributed by atoms with van der Waals surface area (Å²) in [7, 11) is 0. The Hall–Kier alpha value is -5.07. The van der Waals surface area contributed by atoms with Crippen molar-refractivity contribution in [3.8, 4) is 11.5 Å². The lowest BCUT2D eigenvalue weighted by atomic mass is 10.1. The van der Waals surface area contributed by atoms with Gasteiger partial charge in [-0.1, -0.05) is 43.2 Å². The van der Waals surface area contributed by atoms with E-state index in [0.717, 1.165) is 69.5 Å². The van der Waals surface area contributed by atoms with E-state index in [4.69, 9.17) is 9.57 Å². The zero-order valence-electron chi connectivity index (χ0n) is 30.4. The molecule has 2 heterocycles. The molecule has 4 aromatic rings. The van der Waals surface area contributed by atoms with Crippen molar-refractivity contribution in [3.05, 3.63) is 101 Å². The van der Waals surface area contributed by atoms with Crippen molar-refractivity contribution in [1.29, 1.82) is 0 Å². The summed E-state index contributed by atoms with van der Waals surface area (Å²) >= 11 is 0. The SMILES string of the molecule is Cc1cccc(C)c1N(Oc1ccccc1C(=O)NC1CCCC1)C(=O)c1cnc(Nc2ccc(OCCN3CCN(C(C)C)CC3)c(F)c2)nc1. The van der Waals surface area contributed by atoms with Gasteiger partial charge in [0.15, 0.2) is 17.3 Å². The summed E-state index contributed by atoms with van der Waals surface area (Å²) in [6.45, 7) is 13.3. The number of carbonyl (C=O) groups excluding carboxylic acids is 2. The van der Waals surface area contributed by atoms with Crippen LogP contribution >= 0.6 is 0 Å². The lowest BCUT2D eigenvalue weighted by molar-refractivity contribution is 0.0863. The van der Waals surface area contributed by atoms with E-state index in [1.54, 1.807) is 36.4 Å². The standard InChI is InChI=1S/C40H48FN7O4/c1-27(2)47-20-18-46(19-21-47)22-23-51-36-17-16-32(24-34(36)41)45-40-42-25-30(26-43-40)39(50)48(37-28(3)10-9-11-29(37)4)52-35-15-8-7-14-33(35)38(49)44-31-12-5-6-13-31/h7-11,14-17,24-27,31H,5-6,12-13,18-23H2,1-4H3,(H,44,49)(H,42,43,45). The highest BCUT2D eigenvalue weighted by molar-refractivity contribution is 6.06. The second-order valence-corrected chi connectivity index (χ2v) is 13.8. The number of halogens is 1. The number of piperazine rings is 1. The number of hydrogen-bond acceptors (Lipinski definition) is 9. The first-order chi connectivity index (χ1) is 25.2. The number of aryl methyl sites for hydroxylation is 2. The zero-order valence-corrected chi connectivity index (χ0v) is 30.4. The van der Waals surface area contributed by atoms with Crippen LogP contribution in [0.3, 0.4) is 0 Å². The third-order valence-electron chi connectivity index (χ3n) is 9.73. The summed E-state index contributed by atoms with van der Waals surface area (Å²) in [5.41, 5.74) is 3.08. The highest BCUT2D eigenvalue weighted by Crippen LogP contribution is 2.30. The zero-order chi connectivity index (χ0) is 36.6. The first kappa shape index (κ1) is 36.7. The van der Waals surface area contributed by atoms with Crippen LogP contribution in [-0.4, -0.2) is 83.0 Å². The summed E-state index contributed by atoms with van der Waals surface area (Å²) in [6.07, 6.45) is 6.83. The van der Waals surface area contributed by atoms with Gasteiger partial charge in [-0.2, -0.15) is 0 Å². The molecule has 1 aliphatic carbocycles. The molecule has 2 N–H and O–H groups in total. The predicted molar refractivity (Wildman–Crippen MR) is 200 cm³/mol. The summed E-state index contributed by atoms with van der Waals surface area (Å²) in [5, 5.41) is 7.30.